The molecular formula is C21H12F3N5O4. The van der Waals surface area contributed by atoms with Gasteiger partial charge in [-0.05, 0) is 42.5 Å². The molecule has 0 bridgehead atoms. The Morgan fingerprint density at radius 2 is 1.76 bits per heavy atom. The zero-order valence-corrected chi connectivity index (χ0v) is 16.4. The second-order valence-corrected chi connectivity index (χ2v) is 6.65. The predicted octanol–water partition coefficient (Wildman–Crippen LogP) is 5.00. The highest BCUT2D eigenvalue weighted by atomic mass is 19.4. The number of hydrogen-bond donors (Lipinski definition) is 1. The minimum atomic E-state index is -4.56. The van der Waals surface area contributed by atoms with Gasteiger partial charge in [0.05, 0.1) is 21.4 Å². The zero-order valence-electron chi connectivity index (χ0n) is 16.4. The van der Waals surface area contributed by atoms with Crippen LogP contribution >= 0.6 is 0 Å². The third-order valence-electron chi connectivity index (χ3n) is 4.45. The molecular weight excluding hydrogens is 443 g/mol. The standard InChI is InChI=1S/C21H12F3N5O4/c22-21(23,24)13-7-8-25-18(9-13)28-19(30)12-1-4-15(5-2-12)33-20-16-10-14(29(31)32)3-6-17(16)26-11-27-20/h1-11H,(H,25,28,30). The van der Waals surface area contributed by atoms with Crippen molar-refractivity contribution in [2.45, 2.75) is 6.18 Å². The van der Waals surface area contributed by atoms with Gasteiger partial charge in [0.15, 0.2) is 0 Å². The Balaban J connectivity index is 1.52. The van der Waals surface area contributed by atoms with Crippen molar-refractivity contribution in [1.82, 2.24) is 15.0 Å². The van der Waals surface area contributed by atoms with Crippen LogP contribution in [0.4, 0.5) is 24.7 Å². The molecule has 4 rings (SSSR count). The summed E-state index contributed by atoms with van der Waals surface area (Å²) in [5.74, 6) is -0.565. The first-order valence-corrected chi connectivity index (χ1v) is 9.22. The molecule has 0 aliphatic rings. The molecule has 4 aromatic rings. The molecule has 2 aromatic heterocycles. The van der Waals surface area contributed by atoms with Crippen molar-refractivity contribution in [2.24, 2.45) is 0 Å². The van der Waals surface area contributed by atoms with Crippen LogP contribution in [0.15, 0.2) is 67.1 Å². The number of pyridine rings is 1. The number of carbonyl (C=O) groups is 1. The minimum absolute atomic E-state index is 0.0778. The van der Waals surface area contributed by atoms with Gasteiger partial charge in [-0.3, -0.25) is 14.9 Å². The molecule has 0 radical (unpaired) electrons. The number of nitrogens with one attached hydrogen (secondary N) is 1. The van der Waals surface area contributed by atoms with Crippen molar-refractivity contribution in [3.05, 3.63) is 88.4 Å². The van der Waals surface area contributed by atoms with Crippen molar-refractivity contribution >= 4 is 28.3 Å². The fourth-order valence-corrected chi connectivity index (χ4v) is 2.87. The molecule has 1 N–H and O–H groups in total. The lowest BCUT2D eigenvalue weighted by atomic mass is 10.2. The maximum absolute atomic E-state index is 12.8. The molecule has 0 atom stereocenters. The number of halogens is 3. The Hall–Kier alpha value is -4.61. The van der Waals surface area contributed by atoms with Crippen LogP contribution in [-0.4, -0.2) is 25.8 Å². The first-order valence-electron chi connectivity index (χ1n) is 9.22. The molecule has 12 heteroatoms. The number of non-ortho nitro benzene ring substituents is 1. The number of amides is 1. The van der Waals surface area contributed by atoms with Gasteiger partial charge in [-0.25, -0.2) is 15.0 Å². The molecule has 0 unspecified atom stereocenters. The molecule has 0 spiro atoms. The molecule has 0 aliphatic heterocycles. The van der Waals surface area contributed by atoms with Gasteiger partial charge < -0.3 is 10.1 Å². The second kappa shape index (κ2) is 8.49. The van der Waals surface area contributed by atoms with E-state index in [9.17, 15) is 28.1 Å². The topological polar surface area (TPSA) is 120 Å². The van der Waals surface area contributed by atoms with E-state index in [2.05, 4.69) is 20.3 Å². The number of nitrogens with zero attached hydrogens (tertiary/aromatic N) is 4. The van der Waals surface area contributed by atoms with E-state index < -0.39 is 22.6 Å². The van der Waals surface area contributed by atoms with Crippen molar-refractivity contribution in [3.8, 4) is 11.6 Å². The summed E-state index contributed by atoms with van der Waals surface area (Å²) in [5.41, 5.74) is -0.508. The summed E-state index contributed by atoms with van der Waals surface area (Å²) >= 11 is 0. The van der Waals surface area contributed by atoms with E-state index in [4.69, 9.17) is 4.74 Å². The van der Waals surface area contributed by atoms with Gasteiger partial charge in [0.2, 0.25) is 5.88 Å². The summed E-state index contributed by atoms with van der Waals surface area (Å²) in [6.07, 6.45) is -2.37. The van der Waals surface area contributed by atoms with Gasteiger partial charge in [-0.15, -0.1) is 0 Å². The summed E-state index contributed by atoms with van der Waals surface area (Å²) in [5, 5.41) is 13.7. The molecule has 33 heavy (non-hydrogen) atoms. The van der Waals surface area contributed by atoms with Crippen molar-refractivity contribution in [1.29, 1.82) is 0 Å². The number of benzene rings is 2. The lowest BCUT2D eigenvalue weighted by molar-refractivity contribution is -0.384. The number of nitro groups is 1. The summed E-state index contributed by atoms with van der Waals surface area (Å²) in [6.45, 7) is 0. The van der Waals surface area contributed by atoms with Crippen LogP contribution in [0.2, 0.25) is 0 Å². The maximum Gasteiger partial charge on any atom is 0.416 e. The normalized spacial score (nSPS) is 11.2. The van der Waals surface area contributed by atoms with Gasteiger partial charge in [-0.1, -0.05) is 0 Å². The number of aromatic nitrogens is 3. The van der Waals surface area contributed by atoms with E-state index in [1.807, 2.05) is 0 Å². The fourth-order valence-electron chi connectivity index (χ4n) is 2.87. The van der Waals surface area contributed by atoms with Crippen LogP contribution < -0.4 is 10.1 Å². The predicted molar refractivity (Wildman–Crippen MR) is 110 cm³/mol. The number of fused-ring (bicyclic) bond motifs is 1. The molecule has 2 heterocycles. The molecule has 166 valence electrons. The summed E-state index contributed by atoms with van der Waals surface area (Å²) in [6, 6.07) is 11.3. The van der Waals surface area contributed by atoms with Crippen LogP contribution in [0.5, 0.6) is 11.6 Å². The van der Waals surface area contributed by atoms with E-state index >= 15 is 0 Å². The average molecular weight is 455 g/mol. The monoisotopic (exact) mass is 455 g/mol. The van der Waals surface area contributed by atoms with Gasteiger partial charge >= 0.3 is 6.18 Å². The molecule has 0 fully saturated rings. The van der Waals surface area contributed by atoms with Crippen LogP contribution in [0, 0.1) is 10.1 Å². The lowest BCUT2D eigenvalue weighted by Crippen LogP contribution is -2.14. The third kappa shape index (κ3) is 4.84. The summed E-state index contributed by atoms with van der Waals surface area (Å²) in [4.78, 5) is 34.6. The second-order valence-electron chi connectivity index (χ2n) is 6.65. The number of ether oxygens (including phenoxy) is 1. The highest BCUT2D eigenvalue weighted by molar-refractivity contribution is 6.03. The van der Waals surface area contributed by atoms with Gasteiger partial charge in [-0.2, -0.15) is 13.2 Å². The Morgan fingerprint density at radius 1 is 1.00 bits per heavy atom. The Kier molecular flexibility index (Phi) is 5.56. The van der Waals surface area contributed by atoms with E-state index in [-0.39, 0.29) is 28.7 Å². The Labute approximate surface area is 183 Å². The SMILES string of the molecule is O=C(Nc1cc(C(F)(F)F)ccn1)c1ccc(Oc2ncnc3ccc([N+](=O)[O-])cc23)cc1. The molecule has 0 aliphatic carbocycles. The smallest absolute Gasteiger partial charge is 0.416 e. The largest absolute Gasteiger partial charge is 0.438 e. The van der Waals surface area contributed by atoms with Crippen LogP contribution in [-0.2, 0) is 6.18 Å². The van der Waals surface area contributed by atoms with E-state index in [1.54, 1.807) is 0 Å². The lowest BCUT2D eigenvalue weighted by Gasteiger charge is -2.10. The van der Waals surface area contributed by atoms with Gasteiger partial charge in [0.1, 0.15) is 17.9 Å². The number of nitro benzene ring substituents is 1. The van der Waals surface area contributed by atoms with Crippen molar-refractivity contribution < 1.29 is 27.6 Å². The number of anilines is 1. The number of rotatable bonds is 5. The number of alkyl halides is 3. The minimum Gasteiger partial charge on any atom is -0.438 e. The first kappa shape index (κ1) is 21.6. The van der Waals surface area contributed by atoms with E-state index in [0.717, 1.165) is 18.3 Å². The summed E-state index contributed by atoms with van der Waals surface area (Å²) in [7, 11) is 0. The van der Waals surface area contributed by atoms with E-state index in [1.165, 1.54) is 48.8 Å². The van der Waals surface area contributed by atoms with Gasteiger partial charge in [0.25, 0.3) is 11.6 Å². The fraction of sp³-hybridized carbons (Fsp3) is 0.0476. The number of carbonyl (C=O) groups excluding carboxylic acids is 1. The molecule has 0 saturated heterocycles. The Bertz CT molecular complexity index is 1360. The Morgan fingerprint density at radius 3 is 2.45 bits per heavy atom. The molecule has 2 aromatic carbocycles. The van der Waals surface area contributed by atoms with Crippen LogP contribution in [0.1, 0.15) is 15.9 Å². The maximum atomic E-state index is 12.8. The molecule has 9 nitrogen and oxygen atoms in total. The van der Waals surface area contributed by atoms with E-state index in [0.29, 0.717) is 10.9 Å². The van der Waals surface area contributed by atoms with Gasteiger partial charge in [0, 0.05) is 23.9 Å². The van der Waals surface area contributed by atoms with Crippen LogP contribution in [0.3, 0.4) is 0 Å². The third-order valence-corrected chi connectivity index (χ3v) is 4.45. The number of hydrogen-bond acceptors (Lipinski definition) is 7. The average Bonchev–Trinajstić information content (AvgIpc) is 2.79. The first-order chi connectivity index (χ1) is 15.7. The summed E-state index contributed by atoms with van der Waals surface area (Å²) < 4.78 is 44.1. The van der Waals surface area contributed by atoms with Crippen molar-refractivity contribution in [2.75, 3.05) is 5.32 Å². The zero-order chi connectivity index (χ0) is 23.6. The molecule has 0 saturated carbocycles. The highest BCUT2D eigenvalue weighted by Crippen LogP contribution is 2.31. The van der Waals surface area contributed by atoms with Crippen molar-refractivity contribution in [3.63, 3.8) is 0 Å². The van der Waals surface area contributed by atoms with Crippen LogP contribution in [0.25, 0.3) is 10.9 Å². The molecule has 1 amide bonds. The quantitative estimate of drug-likeness (QED) is 0.332. The highest BCUT2D eigenvalue weighted by Gasteiger charge is 2.30.